The summed E-state index contributed by atoms with van der Waals surface area (Å²) in [6.07, 6.45) is 0.429. The molecular weight excluding hydrogens is 340 g/mol. The fourth-order valence-corrected chi connectivity index (χ4v) is 3.76. The summed E-state index contributed by atoms with van der Waals surface area (Å²) in [6, 6.07) is 5.72. The monoisotopic (exact) mass is 356 g/mol. The van der Waals surface area contributed by atoms with E-state index in [0.717, 1.165) is 22.5 Å². The maximum Gasteiger partial charge on any atom is 0.327 e. The highest BCUT2D eigenvalue weighted by Crippen LogP contribution is 2.28. The first-order valence-electron chi connectivity index (χ1n) is 7.55. The number of nitrogen functional groups attached to an aromatic ring is 1. The molecule has 2 N–H and O–H groups in total. The van der Waals surface area contributed by atoms with E-state index in [2.05, 4.69) is 10.2 Å². The molecule has 0 radical (unpaired) electrons. The summed E-state index contributed by atoms with van der Waals surface area (Å²) >= 11 is 1.02. The van der Waals surface area contributed by atoms with Crippen LogP contribution in [0.25, 0.3) is 10.2 Å². The Morgan fingerprint density at radius 1 is 1.36 bits per heavy atom. The second-order valence-corrected chi connectivity index (χ2v) is 6.89. The minimum atomic E-state index is -0.879. The van der Waals surface area contributed by atoms with Gasteiger partial charge in [0.25, 0.3) is 5.56 Å². The van der Waals surface area contributed by atoms with Gasteiger partial charge in [0.05, 0.1) is 5.39 Å². The van der Waals surface area contributed by atoms with Crippen molar-refractivity contribution in [2.45, 2.75) is 20.3 Å². The zero-order valence-electron chi connectivity index (χ0n) is 14.0. The van der Waals surface area contributed by atoms with Gasteiger partial charge in [0, 0.05) is 24.3 Å². The van der Waals surface area contributed by atoms with Gasteiger partial charge in [-0.15, -0.1) is 16.2 Å². The lowest BCUT2D eigenvalue weighted by atomic mass is 10.1. The Labute approximate surface area is 147 Å². The van der Waals surface area contributed by atoms with Crippen LogP contribution >= 0.6 is 11.3 Å². The first kappa shape index (κ1) is 17.0. The molecule has 8 heteroatoms. The summed E-state index contributed by atoms with van der Waals surface area (Å²) in [6.45, 7) is 3.55. The van der Waals surface area contributed by atoms with Crippen molar-refractivity contribution in [2.75, 3.05) is 5.73 Å². The van der Waals surface area contributed by atoms with Crippen molar-refractivity contribution >= 4 is 33.1 Å². The van der Waals surface area contributed by atoms with Crippen molar-refractivity contribution < 1.29 is 4.79 Å². The molecule has 0 aliphatic rings. The van der Waals surface area contributed by atoms with E-state index in [4.69, 9.17) is 5.73 Å². The first-order valence-corrected chi connectivity index (χ1v) is 8.36. The zero-order chi connectivity index (χ0) is 18.3. The molecule has 0 spiro atoms. The van der Waals surface area contributed by atoms with Gasteiger partial charge in [-0.2, -0.15) is 0 Å². The summed E-state index contributed by atoms with van der Waals surface area (Å²) in [4.78, 5) is 40.0. The Bertz CT molecular complexity index is 1080. The summed E-state index contributed by atoms with van der Waals surface area (Å²) in [5.74, 6) is -0.324. The minimum Gasteiger partial charge on any atom is -0.399 e. The lowest BCUT2D eigenvalue weighted by molar-refractivity contribution is 0.100. The molecule has 7 nitrogen and oxygen atoms in total. The molecule has 0 saturated carbocycles. The van der Waals surface area contributed by atoms with Crippen molar-refractivity contribution in [2.24, 2.45) is 12.2 Å². The van der Waals surface area contributed by atoms with Gasteiger partial charge in [-0.25, -0.2) is 4.98 Å². The van der Waals surface area contributed by atoms with Crippen LogP contribution in [0.4, 0.5) is 5.69 Å². The summed E-state index contributed by atoms with van der Waals surface area (Å²) in [5.41, 5.74) is 8.74. The SMILES string of the molecule is Cc1ccc(Cc2nc3sc(C(=O)N=O)c(C)c3c(=O)n2C)cc1N. The van der Waals surface area contributed by atoms with Gasteiger partial charge in [0.2, 0.25) is 0 Å². The number of thiophene rings is 1. The Hall–Kier alpha value is -2.87. The van der Waals surface area contributed by atoms with Crippen molar-refractivity contribution in [3.05, 3.63) is 60.9 Å². The highest BCUT2D eigenvalue weighted by Gasteiger charge is 2.21. The van der Waals surface area contributed by atoms with E-state index in [-0.39, 0.29) is 10.4 Å². The maximum absolute atomic E-state index is 12.7. The van der Waals surface area contributed by atoms with Crippen LogP contribution in [0.3, 0.4) is 0 Å². The molecule has 0 unspecified atom stereocenters. The third kappa shape index (κ3) is 2.85. The number of carbonyl (C=O) groups is 1. The van der Waals surface area contributed by atoms with E-state index in [0.29, 0.717) is 33.7 Å². The molecule has 0 fully saturated rings. The van der Waals surface area contributed by atoms with Crippen LogP contribution < -0.4 is 11.3 Å². The zero-order valence-corrected chi connectivity index (χ0v) is 14.8. The number of nitrogens with two attached hydrogens (primary N) is 1. The van der Waals surface area contributed by atoms with E-state index >= 15 is 0 Å². The maximum atomic E-state index is 12.7. The molecule has 1 aromatic carbocycles. The third-order valence-corrected chi connectivity index (χ3v) is 5.42. The summed E-state index contributed by atoms with van der Waals surface area (Å²) in [7, 11) is 1.64. The van der Waals surface area contributed by atoms with Crippen LogP contribution in [0, 0.1) is 18.8 Å². The van der Waals surface area contributed by atoms with Crippen molar-refractivity contribution in [3.8, 4) is 0 Å². The number of nitroso groups, excluding NO2 is 1. The molecule has 0 aliphatic heterocycles. The first-order chi connectivity index (χ1) is 11.8. The standard InChI is InChI=1S/C17H16N4O3S/c1-8-4-5-10(6-11(8)18)7-12-19-16-13(17(23)21(12)3)9(2)14(25-16)15(22)20-24/h4-6H,7,18H2,1-3H3. The predicted molar refractivity (Wildman–Crippen MR) is 98.1 cm³/mol. The number of hydrogen-bond donors (Lipinski definition) is 1. The fraction of sp³-hybridized carbons (Fsp3) is 0.235. The Morgan fingerprint density at radius 2 is 2.08 bits per heavy atom. The number of fused-ring (bicyclic) bond motifs is 1. The largest absolute Gasteiger partial charge is 0.399 e. The normalized spacial score (nSPS) is 11.0. The lowest BCUT2D eigenvalue weighted by Crippen LogP contribution is -2.22. The molecular formula is C17H16N4O3S. The van der Waals surface area contributed by atoms with Gasteiger partial charge in [-0.3, -0.25) is 14.2 Å². The summed E-state index contributed by atoms with van der Waals surface area (Å²) in [5, 5.41) is 2.80. The van der Waals surface area contributed by atoms with Crippen LogP contribution in [-0.4, -0.2) is 15.5 Å². The number of anilines is 1. The number of rotatable bonds is 3. The average Bonchev–Trinajstić information content (AvgIpc) is 2.91. The average molecular weight is 356 g/mol. The summed E-state index contributed by atoms with van der Waals surface area (Å²) < 4.78 is 1.46. The van der Waals surface area contributed by atoms with E-state index in [1.165, 1.54) is 4.57 Å². The molecule has 2 heterocycles. The van der Waals surface area contributed by atoms with Crippen molar-refractivity contribution in [3.63, 3.8) is 0 Å². The molecule has 128 valence electrons. The molecule has 0 aliphatic carbocycles. The number of amides is 1. The Balaban J connectivity index is 2.15. The third-order valence-electron chi connectivity index (χ3n) is 4.25. The Kier molecular flexibility index (Phi) is 4.22. The highest BCUT2D eigenvalue weighted by atomic mass is 32.1. The number of hydrogen-bond acceptors (Lipinski definition) is 6. The highest BCUT2D eigenvalue weighted by molar-refractivity contribution is 7.20. The molecule has 25 heavy (non-hydrogen) atoms. The van der Waals surface area contributed by atoms with Crippen molar-refractivity contribution in [1.29, 1.82) is 0 Å². The fourth-order valence-electron chi connectivity index (χ4n) is 2.69. The lowest BCUT2D eigenvalue weighted by Gasteiger charge is -2.09. The van der Waals surface area contributed by atoms with E-state index in [1.807, 2.05) is 25.1 Å². The molecule has 2 aromatic heterocycles. The Morgan fingerprint density at radius 3 is 2.72 bits per heavy atom. The van der Waals surface area contributed by atoms with E-state index < -0.39 is 5.91 Å². The number of carbonyl (C=O) groups excluding carboxylic acids is 1. The van der Waals surface area contributed by atoms with Crippen LogP contribution in [-0.2, 0) is 13.5 Å². The van der Waals surface area contributed by atoms with Gasteiger partial charge in [0.1, 0.15) is 15.5 Å². The molecule has 3 rings (SSSR count). The van der Waals surface area contributed by atoms with Crippen molar-refractivity contribution in [1.82, 2.24) is 9.55 Å². The topological polar surface area (TPSA) is 107 Å². The van der Waals surface area contributed by atoms with E-state index in [1.54, 1.807) is 14.0 Å². The molecule has 0 saturated heterocycles. The number of aromatic nitrogens is 2. The number of aryl methyl sites for hydroxylation is 2. The van der Waals surface area contributed by atoms with Gasteiger partial charge >= 0.3 is 5.91 Å². The predicted octanol–water partition coefficient (Wildman–Crippen LogP) is 2.69. The van der Waals surface area contributed by atoms with Crippen LogP contribution in [0.2, 0.25) is 0 Å². The molecule has 1 amide bonds. The minimum absolute atomic E-state index is 0.159. The molecule has 0 bridgehead atoms. The second kappa shape index (κ2) is 6.21. The van der Waals surface area contributed by atoms with Gasteiger partial charge in [-0.05, 0) is 36.6 Å². The molecule has 3 aromatic rings. The second-order valence-electron chi connectivity index (χ2n) is 5.89. The van der Waals surface area contributed by atoms with Crippen LogP contribution in [0.5, 0.6) is 0 Å². The number of nitrogens with zero attached hydrogens (tertiary/aromatic N) is 3. The molecule has 0 atom stereocenters. The smallest absolute Gasteiger partial charge is 0.327 e. The van der Waals surface area contributed by atoms with Gasteiger partial charge in [-0.1, -0.05) is 12.1 Å². The number of benzene rings is 1. The van der Waals surface area contributed by atoms with Gasteiger partial charge < -0.3 is 5.73 Å². The quantitative estimate of drug-likeness (QED) is 0.573. The van der Waals surface area contributed by atoms with E-state index in [9.17, 15) is 14.5 Å². The van der Waals surface area contributed by atoms with Crippen LogP contribution in [0.15, 0.2) is 28.2 Å². The van der Waals surface area contributed by atoms with Gasteiger partial charge in [0.15, 0.2) is 0 Å². The van der Waals surface area contributed by atoms with Crippen LogP contribution in [0.1, 0.15) is 32.2 Å².